The second-order valence-electron chi connectivity index (χ2n) is 6.95. The Hall–Kier alpha value is -2.86. The highest BCUT2D eigenvalue weighted by molar-refractivity contribution is 6.01. The molecule has 6 heteroatoms. The van der Waals surface area contributed by atoms with Crippen LogP contribution in [0.25, 0.3) is 0 Å². The molecule has 0 saturated carbocycles. The molecule has 1 aliphatic heterocycles. The summed E-state index contributed by atoms with van der Waals surface area (Å²) in [5, 5.41) is 2.91. The molecule has 142 valence electrons. The maximum Gasteiger partial charge on any atom is 0.267 e. The molecule has 3 rings (SSSR count). The first-order valence-corrected chi connectivity index (χ1v) is 9.04. The molecule has 1 aliphatic rings. The van der Waals surface area contributed by atoms with E-state index in [1.807, 2.05) is 49.3 Å². The normalized spacial score (nSPS) is 16.1. The van der Waals surface area contributed by atoms with Crippen LogP contribution < -0.4 is 15.0 Å². The van der Waals surface area contributed by atoms with Gasteiger partial charge >= 0.3 is 0 Å². The number of anilines is 2. The number of hydrogen-bond donors (Lipinski definition) is 1. The number of fused-ring (bicyclic) bond motifs is 1. The molecule has 0 saturated heterocycles. The molecular formula is C21H25N3O3. The van der Waals surface area contributed by atoms with E-state index in [0.29, 0.717) is 30.1 Å². The van der Waals surface area contributed by atoms with Crippen molar-refractivity contribution in [1.82, 2.24) is 4.90 Å². The Balaban J connectivity index is 1.77. The van der Waals surface area contributed by atoms with Crippen molar-refractivity contribution in [3.05, 3.63) is 54.1 Å². The molecule has 2 aromatic carbocycles. The van der Waals surface area contributed by atoms with E-state index in [1.165, 1.54) is 0 Å². The lowest BCUT2D eigenvalue weighted by Crippen LogP contribution is -2.46. The highest BCUT2D eigenvalue weighted by atomic mass is 16.5. The van der Waals surface area contributed by atoms with Crippen molar-refractivity contribution in [2.75, 3.05) is 37.4 Å². The van der Waals surface area contributed by atoms with Gasteiger partial charge in [0.25, 0.3) is 5.91 Å². The quantitative estimate of drug-likeness (QED) is 0.852. The van der Waals surface area contributed by atoms with Crippen molar-refractivity contribution in [2.45, 2.75) is 19.4 Å². The summed E-state index contributed by atoms with van der Waals surface area (Å²) in [5.41, 5.74) is 2.29. The zero-order valence-corrected chi connectivity index (χ0v) is 15.9. The predicted octanol–water partition coefficient (Wildman–Crippen LogP) is 2.54. The number of rotatable bonds is 6. The standard InChI is InChI=1S/C21H25N3O3/c1-15-21(26)24(12-11-23(2)3)18-14-17(9-10-19(18)27-15)22-20(25)13-16-7-5-4-6-8-16/h4-10,14-15H,11-13H2,1-3H3,(H,22,25). The van der Waals surface area contributed by atoms with E-state index in [2.05, 4.69) is 5.32 Å². The van der Waals surface area contributed by atoms with Crippen LogP contribution in [0.15, 0.2) is 48.5 Å². The van der Waals surface area contributed by atoms with Crippen molar-refractivity contribution in [3.8, 4) is 5.75 Å². The molecule has 6 nitrogen and oxygen atoms in total. The van der Waals surface area contributed by atoms with Crippen molar-refractivity contribution in [2.24, 2.45) is 0 Å². The van der Waals surface area contributed by atoms with Gasteiger partial charge in [0, 0.05) is 18.8 Å². The number of likely N-dealkylation sites (N-methyl/N-ethyl adjacent to an activating group) is 1. The number of carbonyl (C=O) groups excluding carboxylic acids is 2. The minimum Gasteiger partial charge on any atom is -0.479 e. The smallest absolute Gasteiger partial charge is 0.267 e. The van der Waals surface area contributed by atoms with Crippen molar-refractivity contribution >= 4 is 23.2 Å². The summed E-state index contributed by atoms with van der Waals surface area (Å²) in [5.74, 6) is 0.483. The Morgan fingerprint density at radius 3 is 2.63 bits per heavy atom. The van der Waals surface area contributed by atoms with Crippen LogP contribution in [0.2, 0.25) is 0 Å². The van der Waals surface area contributed by atoms with Crippen LogP contribution in [0.4, 0.5) is 11.4 Å². The van der Waals surface area contributed by atoms with E-state index in [1.54, 1.807) is 30.0 Å². The highest BCUT2D eigenvalue weighted by Crippen LogP contribution is 2.36. The molecule has 1 atom stereocenters. The summed E-state index contributed by atoms with van der Waals surface area (Å²) >= 11 is 0. The molecule has 0 bridgehead atoms. The molecule has 0 fully saturated rings. The highest BCUT2D eigenvalue weighted by Gasteiger charge is 2.31. The van der Waals surface area contributed by atoms with Crippen LogP contribution in [0.3, 0.4) is 0 Å². The molecule has 0 spiro atoms. The Labute approximate surface area is 159 Å². The van der Waals surface area contributed by atoms with Crippen LogP contribution in [0.5, 0.6) is 5.75 Å². The zero-order valence-electron chi connectivity index (χ0n) is 15.9. The Bertz CT molecular complexity index is 821. The average Bonchev–Trinajstić information content (AvgIpc) is 2.63. The fourth-order valence-corrected chi connectivity index (χ4v) is 3.00. The summed E-state index contributed by atoms with van der Waals surface area (Å²) in [7, 11) is 3.94. The summed E-state index contributed by atoms with van der Waals surface area (Å²) in [6.07, 6.45) is -0.215. The second kappa shape index (κ2) is 8.22. The number of nitrogens with zero attached hydrogens (tertiary/aromatic N) is 2. The first kappa shape index (κ1) is 18.9. The van der Waals surface area contributed by atoms with E-state index in [-0.39, 0.29) is 11.8 Å². The topological polar surface area (TPSA) is 61.9 Å². The third-order valence-corrected chi connectivity index (χ3v) is 4.43. The van der Waals surface area contributed by atoms with E-state index in [0.717, 1.165) is 12.1 Å². The molecule has 1 N–H and O–H groups in total. The molecule has 0 radical (unpaired) electrons. The monoisotopic (exact) mass is 367 g/mol. The van der Waals surface area contributed by atoms with Crippen LogP contribution >= 0.6 is 0 Å². The van der Waals surface area contributed by atoms with Gasteiger partial charge in [-0.15, -0.1) is 0 Å². The summed E-state index contributed by atoms with van der Waals surface area (Å²) in [6, 6.07) is 15.0. The van der Waals surface area contributed by atoms with Gasteiger partial charge in [-0.25, -0.2) is 0 Å². The molecule has 1 unspecified atom stereocenters. The number of amides is 2. The van der Waals surface area contributed by atoms with E-state index < -0.39 is 6.10 Å². The number of nitrogens with one attached hydrogen (secondary N) is 1. The van der Waals surface area contributed by atoms with Gasteiger partial charge in [-0.2, -0.15) is 0 Å². The fraction of sp³-hybridized carbons (Fsp3) is 0.333. The third-order valence-electron chi connectivity index (χ3n) is 4.43. The van der Waals surface area contributed by atoms with E-state index >= 15 is 0 Å². The largest absolute Gasteiger partial charge is 0.479 e. The average molecular weight is 367 g/mol. The zero-order chi connectivity index (χ0) is 19.4. The molecule has 0 aromatic heterocycles. The molecule has 2 aromatic rings. The van der Waals surface area contributed by atoms with Gasteiger partial charge in [0.05, 0.1) is 12.1 Å². The van der Waals surface area contributed by atoms with Gasteiger partial charge in [-0.05, 0) is 44.8 Å². The van der Waals surface area contributed by atoms with Gasteiger partial charge in [-0.1, -0.05) is 30.3 Å². The van der Waals surface area contributed by atoms with Crippen molar-refractivity contribution in [3.63, 3.8) is 0 Å². The lowest BCUT2D eigenvalue weighted by Gasteiger charge is -2.34. The Morgan fingerprint density at radius 1 is 1.19 bits per heavy atom. The van der Waals surface area contributed by atoms with Crippen LogP contribution in [0, 0.1) is 0 Å². The molecule has 0 aliphatic carbocycles. The number of benzene rings is 2. The molecule has 2 amide bonds. The summed E-state index contributed by atoms with van der Waals surface area (Å²) < 4.78 is 5.72. The van der Waals surface area contributed by atoms with E-state index in [9.17, 15) is 9.59 Å². The number of carbonyl (C=O) groups is 2. The maximum absolute atomic E-state index is 12.6. The lowest BCUT2D eigenvalue weighted by atomic mass is 10.1. The van der Waals surface area contributed by atoms with Crippen molar-refractivity contribution < 1.29 is 14.3 Å². The lowest BCUT2D eigenvalue weighted by molar-refractivity contribution is -0.125. The first-order chi connectivity index (χ1) is 12.9. The summed E-state index contributed by atoms with van der Waals surface area (Å²) in [4.78, 5) is 28.7. The molecule has 1 heterocycles. The van der Waals surface area contributed by atoms with Gasteiger partial charge in [0.2, 0.25) is 5.91 Å². The Morgan fingerprint density at radius 2 is 1.93 bits per heavy atom. The number of ether oxygens (including phenoxy) is 1. The van der Waals surface area contributed by atoms with Crippen LogP contribution in [-0.4, -0.2) is 50.0 Å². The molecular weight excluding hydrogens is 342 g/mol. The Kier molecular flexibility index (Phi) is 5.76. The van der Waals surface area contributed by atoms with E-state index in [4.69, 9.17) is 4.74 Å². The van der Waals surface area contributed by atoms with Crippen LogP contribution in [0.1, 0.15) is 12.5 Å². The predicted molar refractivity (Wildman–Crippen MR) is 106 cm³/mol. The first-order valence-electron chi connectivity index (χ1n) is 9.04. The van der Waals surface area contributed by atoms with Gasteiger partial charge < -0.3 is 19.9 Å². The SMILES string of the molecule is CC1Oc2ccc(NC(=O)Cc3ccccc3)cc2N(CCN(C)C)C1=O. The van der Waals surface area contributed by atoms with Gasteiger partial charge in [-0.3, -0.25) is 9.59 Å². The minimum absolute atomic E-state index is 0.0721. The second-order valence-corrected chi connectivity index (χ2v) is 6.95. The van der Waals surface area contributed by atoms with Gasteiger partial charge in [0.1, 0.15) is 5.75 Å². The number of hydrogen-bond acceptors (Lipinski definition) is 4. The van der Waals surface area contributed by atoms with Crippen molar-refractivity contribution in [1.29, 1.82) is 0 Å². The third kappa shape index (κ3) is 4.65. The van der Waals surface area contributed by atoms with Gasteiger partial charge in [0.15, 0.2) is 6.10 Å². The molecule has 27 heavy (non-hydrogen) atoms. The van der Waals surface area contributed by atoms with Crippen LogP contribution in [-0.2, 0) is 16.0 Å². The maximum atomic E-state index is 12.6. The fourth-order valence-electron chi connectivity index (χ4n) is 3.00. The minimum atomic E-state index is -0.516. The summed E-state index contributed by atoms with van der Waals surface area (Å²) in [6.45, 7) is 3.06.